The molecule has 0 fully saturated rings. The van der Waals surface area contributed by atoms with Crippen LogP contribution in [-0.2, 0) is 9.74 Å². The summed E-state index contributed by atoms with van der Waals surface area (Å²) in [5.74, 6) is -1.16. The highest BCUT2D eigenvalue weighted by Gasteiger charge is 1.98. The van der Waals surface area contributed by atoms with Gasteiger partial charge >= 0.3 is 5.97 Å². The zero-order chi connectivity index (χ0) is 5.70. The van der Waals surface area contributed by atoms with Gasteiger partial charge in [0.1, 0.15) is 6.67 Å². The molecule has 0 aliphatic rings. The maximum absolute atomic E-state index is 11.0. The average molecular weight is 147 g/mol. The highest BCUT2D eigenvalue weighted by Crippen LogP contribution is 1.85. The number of hydrogen-bond acceptors (Lipinski definition) is 2. The van der Waals surface area contributed by atoms with Gasteiger partial charge in [-0.25, -0.2) is 4.79 Å². The summed E-state index contributed by atoms with van der Waals surface area (Å²) in [5.41, 5.74) is 0. The van der Waals surface area contributed by atoms with Crippen LogP contribution in [0.25, 0.3) is 0 Å². The second kappa shape index (κ2) is 6.62. The summed E-state index contributed by atoms with van der Waals surface area (Å²) in [7, 11) is 0. The van der Waals surface area contributed by atoms with Crippen molar-refractivity contribution in [3.05, 3.63) is 0 Å². The second-order valence-electron chi connectivity index (χ2n) is 0.888. The third kappa shape index (κ3) is 5.62. The molecule has 0 N–H and O–H groups in total. The van der Waals surface area contributed by atoms with Crippen LogP contribution in [-0.4, -0.2) is 12.6 Å². The Morgan fingerprint density at radius 2 is 2.12 bits per heavy atom. The largest absolute Gasteiger partial charge is 0.351 e. The quantitative estimate of drug-likeness (QED) is 0.585. The summed E-state index contributed by atoms with van der Waals surface area (Å²) in [5, 5.41) is 0. The van der Waals surface area contributed by atoms with Crippen LogP contribution in [0, 0.1) is 0 Å². The Balaban J connectivity index is 0. The molecule has 50 valence electrons. The first-order valence-corrected chi connectivity index (χ1v) is 1.68. The fourth-order valence-corrected chi connectivity index (χ4v) is 0.116. The Labute approximate surface area is 51.1 Å². The highest BCUT2D eigenvalue weighted by molar-refractivity contribution is 5.85. The van der Waals surface area contributed by atoms with E-state index in [0.717, 1.165) is 0 Å². The van der Waals surface area contributed by atoms with E-state index in [1.807, 2.05) is 0 Å². The monoisotopic (exact) mass is 146 g/mol. The average Bonchev–Trinajstić information content (AvgIpc) is 1.68. The Bertz CT molecular complexity index is 68.3. The molecular weight excluding hydrogens is 141 g/mol. The normalized spacial score (nSPS) is 7.25. The number of halogens is 3. The molecule has 0 spiro atoms. The Kier molecular flexibility index (Phi) is 8.75. The van der Waals surface area contributed by atoms with Gasteiger partial charge in [-0.1, -0.05) is 0 Å². The van der Waals surface area contributed by atoms with Crippen LogP contribution in [0.5, 0.6) is 0 Å². The summed E-state index contributed by atoms with van der Waals surface area (Å²) >= 11 is 0. The predicted molar refractivity (Wildman–Crippen MR) is 25.0 cm³/mol. The molecule has 0 saturated carbocycles. The van der Waals surface area contributed by atoms with Gasteiger partial charge in [0, 0.05) is 4.53 Å². The minimum Gasteiger partial charge on any atom is -0.255 e. The van der Waals surface area contributed by atoms with Gasteiger partial charge in [-0.15, -0.1) is 12.4 Å². The molecule has 2 nitrogen and oxygen atoms in total. The van der Waals surface area contributed by atoms with Gasteiger partial charge in [0.2, 0.25) is 0 Å². The summed E-state index contributed by atoms with van der Waals surface area (Å²) in [6.07, 6.45) is -0.503. The SMILES string of the molecule is Cl.O=C(CCF)OF. The lowest BCUT2D eigenvalue weighted by Gasteiger charge is -1.82. The van der Waals surface area contributed by atoms with Crippen LogP contribution in [0.4, 0.5) is 8.92 Å². The molecule has 0 aromatic rings. The van der Waals surface area contributed by atoms with Crippen molar-refractivity contribution in [3.8, 4) is 0 Å². The molecule has 0 aliphatic carbocycles. The molecule has 0 aromatic carbocycles. The van der Waals surface area contributed by atoms with Gasteiger partial charge in [0.05, 0.1) is 6.42 Å². The molecule has 0 amide bonds. The fraction of sp³-hybridized carbons (Fsp3) is 0.667. The van der Waals surface area contributed by atoms with E-state index in [4.69, 9.17) is 0 Å². The summed E-state index contributed by atoms with van der Waals surface area (Å²) in [6, 6.07) is 0. The summed E-state index contributed by atoms with van der Waals surface area (Å²) in [6.45, 7) is -0.872. The molecule has 5 heteroatoms. The Morgan fingerprint density at radius 3 is 2.25 bits per heavy atom. The van der Waals surface area contributed by atoms with Gasteiger partial charge < -0.3 is 0 Å². The van der Waals surface area contributed by atoms with Crippen molar-refractivity contribution >= 4 is 18.4 Å². The first kappa shape index (κ1) is 10.6. The number of carbonyl (C=O) groups is 1. The smallest absolute Gasteiger partial charge is 0.255 e. The molecule has 0 aromatic heterocycles. The van der Waals surface area contributed by atoms with Crippen molar-refractivity contribution in [2.45, 2.75) is 6.42 Å². The van der Waals surface area contributed by atoms with Crippen LogP contribution in [0.1, 0.15) is 6.42 Å². The van der Waals surface area contributed by atoms with E-state index in [0.29, 0.717) is 0 Å². The third-order valence-electron chi connectivity index (χ3n) is 0.385. The van der Waals surface area contributed by atoms with Gasteiger partial charge in [0.15, 0.2) is 0 Å². The van der Waals surface area contributed by atoms with E-state index < -0.39 is 19.1 Å². The van der Waals surface area contributed by atoms with E-state index in [1.54, 1.807) is 0 Å². The maximum Gasteiger partial charge on any atom is 0.351 e. The van der Waals surface area contributed by atoms with Crippen LogP contribution >= 0.6 is 12.4 Å². The number of carbonyl (C=O) groups excluding carboxylic acids is 1. The van der Waals surface area contributed by atoms with Crippen molar-refractivity contribution < 1.29 is 18.7 Å². The lowest BCUT2D eigenvalue weighted by Crippen LogP contribution is -1.96. The van der Waals surface area contributed by atoms with Crippen molar-refractivity contribution in [2.75, 3.05) is 6.67 Å². The third-order valence-corrected chi connectivity index (χ3v) is 0.385. The van der Waals surface area contributed by atoms with Crippen LogP contribution < -0.4 is 0 Å². The molecule has 0 rings (SSSR count). The molecule has 8 heavy (non-hydrogen) atoms. The molecule has 0 heterocycles. The molecule has 0 aliphatic heterocycles. The zero-order valence-corrected chi connectivity index (χ0v) is 4.71. The van der Waals surface area contributed by atoms with Crippen LogP contribution in [0.15, 0.2) is 0 Å². The second-order valence-corrected chi connectivity index (χ2v) is 0.888. The molecule has 0 saturated heterocycles. The van der Waals surface area contributed by atoms with Gasteiger partial charge in [-0.05, 0) is 0 Å². The topological polar surface area (TPSA) is 26.3 Å². The standard InChI is InChI=1S/C3H4F2O2.ClH/c4-2-1-3(6)7-5;/h1-2H2;1H. The highest BCUT2D eigenvalue weighted by atomic mass is 35.5. The van der Waals surface area contributed by atoms with Crippen LogP contribution in [0.3, 0.4) is 0 Å². The molecule has 0 unspecified atom stereocenters. The van der Waals surface area contributed by atoms with Gasteiger partial charge in [-0.2, -0.15) is 0 Å². The van der Waals surface area contributed by atoms with E-state index in [1.165, 1.54) is 0 Å². The van der Waals surface area contributed by atoms with Crippen molar-refractivity contribution in [2.24, 2.45) is 0 Å². The van der Waals surface area contributed by atoms with E-state index in [-0.39, 0.29) is 12.4 Å². The van der Waals surface area contributed by atoms with Crippen LogP contribution in [0.2, 0.25) is 0 Å². The number of hydrogen-bond donors (Lipinski definition) is 0. The van der Waals surface area contributed by atoms with E-state index in [2.05, 4.69) is 4.94 Å². The Hall–Kier alpha value is -0.380. The van der Waals surface area contributed by atoms with Gasteiger partial charge in [0.25, 0.3) is 0 Å². The zero-order valence-electron chi connectivity index (χ0n) is 3.89. The first-order valence-electron chi connectivity index (χ1n) is 1.68. The van der Waals surface area contributed by atoms with Crippen molar-refractivity contribution in [1.29, 1.82) is 0 Å². The predicted octanol–water partition coefficient (Wildman–Crippen LogP) is 1.20. The fourth-order valence-electron chi connectivity index (χ4n) is 0.116. The Morgan fingerprint density at radius 1 is 1.62 bits per heavy atom. The van der Waals surface area contributed by atoms with E-state index in [9.17, 15) is 13.7 Å². The number of rotatable bonds is 2. The molecule has 0 bridgehead atoms. The van der Waals surface area contributed by atoms with Crippen molar-refractivity contribution in [1.82, 2.24) is 0 Å². The summed E-state index contributed by atoms with van der Waals surface area (Å²) < 4.78 is 21.5. The van der Waals surface area contributed by atoms with E-state index >= 15 is 0 Å². The molecular formula is C3H5ClF2O2. The minimum atomic E-state index is -1.16. The maximum atomic E-state index is 11.0. The molecule has 0 radical (unpaired) electrons. The van der Waals surface area contributed by atoms with Gasteiger partial charge in [-0.3, -0.25) is 9.33 Å². The number of alkyl halides is 1. The lowest BCUT2D eigenvalue weighted by atomic mass is 10.5. The first-order chi connectivity index (χ1) is 3.31. The lowest BCUT2D eigenvalue weighted by molar-refractivity contribution is -0.183. The minimum absolute atomic E-state index is 0. The van der Waals surface area contributed by atoms with Crippen molar-refractivity contribution in [3.63, 3.8) is 0 Å². The molecule has 0 atom stereocenters. The summed E-state index contributed by atoms with van der Waals surface area (Å²) in [4.78, 5) is 12.2.